The molecule has 0 saturated carbocycles. The van der Waals surface area contributed by atoms with Gasteiger partial charge in [-0.05, 0) is 10.4 Å². The maximum atomic E-state index is 5.50. The second-order valence-electron chi connectivity index (χ2n) is 3.76. The molecular weight excluding hydrogens is 280 g/mol. The lowest BCUT2D eigenvalue weighted by molar-refractivity contribution is 0.350. The number of methoxy groups -OCH3 is 2. The highest BCUT2D eigenvalue weighted by Crippen LogP contribution is 2.32. The van der Waals surface area contributed by atoms with Gasteiger partial charge in [0, 0.05) is 24.6 Å². The van der Waals surface area contributed by atoms with Gasteiger partial charge < -0.3 is 15.2 Å². The molecule has 0 saturated heterocycles. The van der Waals surface area contributed by atoms with Gasteiger partial charge in [0.1, 0.15) is 0 Å². The van der Waals surface area contributed by atoms with Gasteiger partial charge in [-0.1, -0.05) is 11.8 Å². The molecule has 20 heavy (non-hydrogen) atoms. The molecule has 8 nitrogen and oxygen atoms in total. The van der Waals surface area contributed by atoms with Gasteiger partial charge >= 0.3 is 0 Å². The molecule has 0 amide bonds. The van der Waals surface area contributed by atoms with Gasteiger partial charge in [-0.2, -0.15) is 0 Å². The molecule has 0 aliphatic rings. The van der Waals surface area contributed by atoms with E-state index in [9.17, 15) is 0 Å². The fourth-order valence-electron chi connectivity index (χ4n) is 1.65. The van der Waals surface area contributed by atoms with Crippen molar-refractivity contribution in [3.05, 3.63) is 18.0 Å². The summed E-state index contributed by atoms with van der Waals surface area (Å²) in [4.78, 5) is 4.30. The quantitative estimate of drug-likeness (QED) is 0.730. The number of pyridine rings is 1. The SMILES string of the molecule is COc1ccnc(CSc2nnnn2CCN)c1OC. The minimum absolute atomic E-state index is 0.485. The minimum Gasteiger partial charge on any atom is -0.493 e. The fourth-order valence-corrected chi connectivity index (χ4v) is 2.49. The molecule has 0 bridgehead atoms. The third-order valence-corrected chi connectivity index (χ3v) is 3.51. The molecule has 2 N–H and O–H groups in total. The van der Waals surface area contributed by atoms with Crippen LogP contribution in [0.5, 0.6) is 11.5 Å². The van der Waals surface area contributed by atoms with Crippen molar-refractivity contribution in [3.63, 3.8) is 0 Å². The van der Waals surface area contributed by atoms with Crippen molar-refractivity contribution in [2.45, 2.75) is 17.5 Å². The smallest absolute Gasteiger partial charge is 0.209 e. The molecule has 0 unspecified atom stereocenters. The Kier molecular flexibility index (Phi) is 5.13. The zero-order valence-electron chi connectivity index (χ0n) is 11.3. The van der Waals surface area contributed by atoms with Gasteiger partial charge in [0.15, 0.2) is 11.5 Å². The molecular formula is C11H16N6O2S. The summed E-state index contributed by atoms with van der Waals surface area (Å²) in [6.07, 6.45) is 1.68. The monoisotopic (exact) mass is 296 g/mol. The van der Waals surface area contributed by atoms with E-state index in [0.717, 1.165) is 5.69 Å². The lowest BCUT2D eigenvalue weighted by Gasteiger charge is -2.11. The molecule has 2 heterocycles. The first-order chi connectivity index (χ1) is 9.80. The largest absolute Gasteiger partial charge is 0.493 e. The molecule has 2 rings (SSSR count). The van der Waals surface area contributed by atoms with Gasteiger partial charge in [0.2, 0.25) is 5.16 Å². The van der Waals surface area contributed by atoms with Crippen LogP contribution in [0.3, 0.4) is 0 Å². The Bertz CT molecular complexity index is 562. The molecule has 2 aromatic heterocycles. The summed E-state index contributed by atoms with van der Waals surface area (Å²) < 4.78 is 12.2. The van der Waals surface area contributed by atoms with Gasteiger partial charge in [0.25, 0.3) is 0 Å². The summed E-state index contributed by atoms with van der Waals surface area (Å²) in [5, 5.41) is 12.2. The van der Waals surface area contributed by atoms with Crippen LogP contribution < -0.4 is 15.2 Å². The van der Waals surface area contributed by atoms with E-state index in [-0.39, 0.29) is 0 Å². The molecule has 0 aliphatic carbocycles. The van der Waals surface area contributed by atoms with E-state index in [4.69, 9.17) is 15.2 Å². The molecule has 2 aromatic rings. The van der Waals surface area contributed by atoms with Crippen LogP contribution in [0, 0.1) is 0 Å². The Labute approximate surface area is 120 Å². The normalized spacial score (nSPS) is 10.6. The Morgan fingerprint density at radius 2 is 2.20 bits per heavy atom. The molecule has 9 heteroatoms. The highest BCUT2D eigenvalue weighted by atomic mass is 32.2. The number of aromatic nitrogens is 5. The van der Waals surface area contributed by atoms with Crippen molar-refractivity contribution in [3.8, 4) is 11.5 Å². The maximum Gasteiger partial charge on any atom is 0.209 e. The van der Waals surface area contributed by atoms with Crippen LogP contribution in [0.15, 0.2) is 17.4 Å². The molecule has 0 aromatic carbocycles. The topological polar surface area (TPSA) is 101 Å². The Balaban J connectivity index is 2.12. The van der Waals surface area contributed by atoms with E-state index in [0.29, 0.717) is 35.5 Å². The van der Waals surface area contributed by atoms with Crippen molar-refractivity contribution >= 4 is 11.8 Å². The molecule has 108 valence electrons. The van der Waals surface area contributed by atoms with E-state index in [1.54, 1.807) is 31.2 Å². The summed E-state index contributed by atoms with van der Waals surface area (Å²) in [7, 11) is 3.18. The van der Waals surface area contributed by atoms with Crippen LogP contribution in [0.2, 0.25) is 0 Å². The first-order valence-corrected chi connectivity index (χ1v) is 6.93. The number of hydrogen-bond donors (Lipinski definition) is 1. The summed E-state index contributed by atoms with van der Waals surface area (Å²) in [6.45, 7) is 1.07. The predicted molar refractivity (Wildman–Crippen MR) is 73.8 cm³/mol. The van der Waals surface area contributed by atoms with Gasteiger partial charge in [-0.3, -0.25) is 4.98 Å². The number of tetrazole rings is 1. The third kappa shape index (κ3) is 3.17. The summed E-state index contributed by atoms with van der Waals surface area (Å²) in [5.74, 6) is 1.85. The molecule has 0 radical (unpaired) electrons. The lowest BCUT2D eigenvalue weighted by Crippen LogP contribution is -2.12. The minimum atomic E-state index is 0.485. The van der Waals surface area contributed by atoms with Crippen molar-refractivity contribution in [2.75, 3.05) is 20.8 Å². The second kappa shape index (κ2) is 7.06. The molecule has 0 fully saturated rings. The Hall–Kier alpha value is -1.87. The van der Waals surface area contributed by atoms with Crippen molar-refractivity contribution < 1.29 is 9.47 Å². The van der Waals surface area contributed by atoms with Gasteiger partial charge in [-0.15, -0.1) is 5.10 Å². The zero-order chi connectivity index (χ0) is 14.4. The van der Waals surface area contributed by atoms with E-state index >= 15 is 0 Å². The standard InChI is InChI=1S/C11H16N6O2S/c1-18-9-3-5-13-8(10(9)19-2)7-20-11-14-15-16-17(11)6-4-12/h3,5H,4,6-7,12H2,1-2H3. The maximum absolute atomic E-state index is 5.50. The summed E-state index contributed by atoms with van der Waals surface area (Å²) in [6, 6.07) is 1.76. The first kappa shape index (κ1) is 14.5. The Morgan fingerprint density at radius 1 is 1.35 bits per heavy atom. The van der Waals surface area contributed by atoms with Crippen LogP contribution in [0.1, 0.15) is 5.69 Å². The average Bonchev–Trinajstić information content (AvgIpc) is 2.92. The van der Waals surface area contributed by atoms with Crippen LogP contribution in [0.25, 0.3) is 0 Å². The van der Waals surface area contributed by atoms with Crippen molar-refractivity contribution in [1.82, 2.24) is 25.2 Å². The summed E-state index contributed by atoms with van der Waals surface area (Å²) >= 11 is 1.47. The van der Waals surface area contributed by atoms with E-state index < -0.39 is 0 Å². The fraction of sp³-hybridized carbons (Fsp3) is 0.455. The van der Waals surface area contributed by atoms with E-state index in [2.05, 4.69) is 20.5 Å². The predicted octanol–water partition coefficient (Wildman–Crippen LogP) is 0.336. The molecule has 0 atom stereocenters. The van der Waals surface area contributed by atoms with Crippen LogP contribution in [0.4, 0.5) is 0 Å². The Morgan fingerprint density at radius 3 is 2.90 bits per heavy atom. The van der Waals surface area contributed by atoms with Crippen molar-refractivity contribution in [1.29, 1.82) is 0 Å². The highest BCUT2D eigenvalue weighted by Gasteiger charge is 2.13. The number of nitrogens with zero attached hydrogens (tertiary/aromatic N) is 5. The van der Waals surface area contributed by atoms with E-state index in [1.807, 2.05) is 0 Å². The lowest BCUT2D eigenvalue weighted by atomic mass is 10.3. The van der Waals surface area contributed by atoms with E-state index in [1.165, 1.54) is 11.8 Å². The summed E-state index contributed by atoms with van der Waals surface area (Å²) in [5.41, 5.74) is 6.28. The zero-order valence-corrected chi connectivity index (χ0v) is 12.1. The van der Waals surface area contributed by atoms with Crippen molar-refractivity contribution in [2.24, 2.45) is 5.73 Å². The molecule has 0 aliphatic heterocycles. The van der Waals surface area contributed by atoms with Crippen LogP contribution >= 0.6 is 11.8 Å². The number of nitrogens with two attached hydrogens (primary N) is 1. The third-order valence-electron chi connectivity index (χ3n) is 2.54. The van der Waals surface area contributed by atoms with Gasteiger partial charge in [0.05, 0.1) is 26.5 Å². The number of thioether (sulfide) groups is 1. The second-order valence-corrected chi connectivity index (χ2v) is 4.70. The highest BCUT2D eigenvalue weighted by molar-refractivity contribution is 7.98. The number of ether oxygens (including phenoxy) is 2. The van der Waals surface area contributed by atoms with Gasteiger partial charge in [-0.25, -0.2) is 4.68 Å². The van der Waals surface area contributed by atoms with Crippen LogP contribution in [-0.2, 0) is 12.3 Å². The number of rotatable bonds is 7. The van der Waals surface area contributed by atoms with Crippen LogP contribution in [-0.4, -0.2) is 46.0 Å². The first-order valence-electron chi connectivity index (χ1n) is 5.95. The average molecular weight is 296 g/mol. The molecule has 0 spiro atoms. The number of hydrogen-bond acceptors (Lipinski definition) is 8.